The Morgan fingerprint density at radius 2 is 0.875 bits per heavy atom. The van der Waals surface area contributed by atoms with Crippen LogP contribution in [0.15, 0.2) is 186 Å². The highest BCUT2D eigenvalue weighted by molar-refractivity contribution is 7.25. The maximum Gasteiger partial charge on any atom is 0.195 e. The van der Waals surface area contributed by atoms with Gasteiger partial charge in [-0.05, 0) is 82.2 Å². The second-order valence-electron chi connectivity index (χ2n) is 14.3. The minimum atomic E-state index is -0.924. The molecular formula is C51H30O3S2. The lowest BCUT2D eigenvalue weighted by Crippen LogP contribution is -2.34. The second kappa shape index (κ2) is 12.7. The van der Waals surface area contributed by atoms with E-state index in [1.54, 1.807) is 22.7 Å². The van der Waals surface area contributed by atoms with Crippen molar-refractivity contribution in [2.24, 2.45) is 0 Å². The monoisotopic (exact) mass is 754 g/mol. The molecule has 1 aliphatic heterocycles. The average Bonchev–Trinajstić information content (AvgIpc) is 3.26. The first-order valence-electron chi connectivity index (χ1n) is 18.6. The fourth-order valence-corrected chi connectivity index (χ4v) is 10.3. The number of hydrogen-bond acceptors (Lipinski definition) is 5. The van der Waals surface area contributed by atoms with E-state index < -0.39 is 5.60 Å². The van der Waals surface area contributed by atoms with E-state index in [1.165, 1.54) is 0 Å². The predicted octanol–water partition coefficient (Wildman–Crippen LogP) is 13.0. The molecule has 264 valence electrons. The van der Waals surface area contributed by atoms with E-state index in [9.17, 15) is 9.59 Å². The quantitative estimate of drug-likeness (QED) is 0.168. The molecule has 0 unspecified atom stereocenters. The highest BCUT2D eigenvalue weighted by atomic mass is 32.1. The Labute approximate surface area is 329 Å². The fraction of sp³-hybridized carbons (Fsp3) is 0.0196. The van der Waals surface area contributed by atoms with Gasteiger partial charge in [0.2, 0.25) is 0 Å². The van der Waals surface area contributed by atoms with E-state index in [0.29, 0.717) is 0 Å². The number of ether oxygens (including phenoxy) is 1. The summed E-state index contributed by atoms with van der Waals surface area (Å²) in [6, 6.07) is 57.6. The summed E-state index contributed by atoms with van der Waals surface area (Å²) in [5.41, 5.74) is 6.22. The minimum Gasteiger partial charge on any atom is -0.472 e. The lowest BCUT2D eigenvalue weighted by molar-refractivity contribution is 0.163. The SMILES string of the molecule is O=c1c2ccccc2sc2ccc(-c3ccc(C4(c5ccc(-c6ccc7sc8ccccc8c(=O)c7c6)cc5)C=Cc5ccc6ccccc6c5O4)cc3)cc12. The Kier molecular flexibility index (Phi) is 7.43. The molecule has 0 spiro atoms. The van der Waals surface area contributed by atoms with Crippen molar-refractivity contribution in [1.82, 2.24) is 0 Å². The van der Waals surface area contributed by atoms with Gasteiger partial charge in [0.25, 0.3) is 0 Å². The maximum atomic E-state index is 13.5. The van der Waals surface area contributed by atoms with Crippen molar-refractivity contribution in [3.63, 3.8) is 0 Å². The molecule has 0 aliphatic carbocycles. The van der Waals surface area contributed by atoms with E-state index >= 15 is 0 Å². The summed E-state index contributed by atoms with van der Waals surface area (Å²) in [6.07, 6.45) is 4.33. The van der Waals surface area contributed by atoms with Crippen LogP contribution >= 0.6 is 22.7 Å². The largest absolute Gasteiger partial charge is 0.472 e. The van der Waals surface area contributed by atoms with Crippen LogP contribution in [-0.2, 0) is 5.60 Å². The van der Waals surface area contributed by atoms with Crippen molar-refractivity contribution in [3.05, 3.63) is 213 Å². The Morgan fingerprint density at radius 3 is 1.43 bits per heavy atom. The second-order valence-corrected chi connectivity index (χ2v) is 16.5. The van der Waals surface area contributed by atoms with Gasteiger partial charge in [-0.15, -0.1) is 22.7 Å². The van der Waals surface area contributed by atoms with E-state index in [1.807, 2.05) is 60.7 Å². The van der Waals surface area contributed by atoms with E-state index in [-0.39, 0.29) is 10.9 Å². The molecule has 0 N–H and O–H groups in total. The molecule has 0 saturated heterocycles. The Morgan fingerprint density at radius 1 is 0.411 bits per heavy atom. The molecule has 0 radical (unpaired) electrons. The van der Waals surface area contributed by atoms with Crippen LogP contribution in [0.25, 0.3) is 79.4 Å². The van der Waals surface area contributed by atoms with Crippen molar-refractivity contribution in [3.8, 4) is 28.0 Å². The van der Waals surface area contributed by atoms with Crippen molar-refractivity contribution in [2.45, 2.75) is 5.60 Å². The number of fused-ring (bicyclic) bond motifs is 7. The Hall–Kier alpha value is -6.66. The average molecular weight is 755 g/mol. The number of benzene rings is 8. The molecule has 0 amide bonds. The standard InChI is InChI=1S/C51H30O3S2/c52-48-40-9-3-5-11-44(40)55-46-25-19-35(29-42(46)48)31-15-21-37(22-16-31)51(28-27-34-14-13-33-7-1-2-8-39(33)50(34)54-51)38-23-17-32(18-24-38)36-20-26-47-43(30-36)49(53)41-10-4-6-12-45(41)56-47/h1-30H. The van der Waals surface area contributed by atoms with Gasteiger partial charge in [0, 0.05) is 62.4 Å². The molecule has 8 aromatic carbocycles. The topological polar surface area (TPSA) is 43.4 Å². The van der Waals surface area contributed by atoms with E-state index in [2.05, 4.69) is 121 Å². The van der Waals surface area contributed by atoms with Crippen LogP contribution < -0.4 is 15.6 Å². The van der Waals surface area contributed by atoms with Crippen molar-refractivity contribution in [1.29, 1.82) is 0 Å². The summed E-state index contributed by atoms with van der Waals surface area (Å²) < 4.78 is 11.2. The molecular weight excluding hydrogens is 725 g/mol. The summed E-state index contributed by atoms with van der Waals surface area (Å²) in [4.78, 5) is 27.1. The van der Waals surface area contributed by atoms with Gasteiger partial charge in [-0.3, -0.25) is 9.59 Å². The normalized spacial score (nSPS) is 13.4. The van der Waals surface area contributed by atoms with Crippen LogP contribution in [0.5, 0.6) is 5.75 Å². The first-order chi connectivity index (χ1) is 27.5. The van der Waals surface area contributed by atoms with E-state index in [4.69, 9.17) is 4.74 Å². The minimum absolute atomic E-state index is 0.0630. The van der Waals surface area contributed by atoms with Gasteiger partial charge in [0.15, 0.2) is 16.5 Å². The summed E-state index contributed by atoms with van der Waals surface area (Å²) in [5.74, 6) is 0.843. The van der Waals surface area contributed by atoms with Crippen LogP contribution in [0.4, 0.5) is 0 Å². The molecule has 3 nitrogen and oxygen atoms in total. The van der Waals surface area contributed by atoms with Gasteiger partial charge < -0.3 is 4.74 Å². The fourth-order valence-electron chi connectivity index (χ4n) is 8.17. The summed E-state index contributed by atoms with van der Waals surface area (Å²) >= 11 is 3.29. The lowest BCUT2D eigenvalue weighted by atomic mass is 9.82. The highest BCUT2D eigenvalue weighted by Gasteiger charge is 2.37. The number of rotatable bonds is 4. The summed E-state index contributed by atoms with van der Waals surface area (Å²) in [7, 11) is 0. The number of hydrogen-bond donors (Lipinski definition) is 0. The summed E-state index contributed by atoms with van der Waals surface area (Å²) in [5, 5.41) is 5.16. The Balaban J connectivity index is 1.02. The van der Waals surface area contributed by atoms with Crippen molar-refractivity contribution >= 4 is 79.9 Å². The third-order valence-electron chi connectivity index (χ3n) is 11.1. The molecule has 10 aromatic rings. The molecule has 0 bridgehead atoms. The molecule has 1 aliphatic rings. The van der Waals surface area contributed by atoms with Gasteiger partial charge in [-0.25, -0.2) is 0 Å². The highest BCUT2D eigenvalue weighted by Crippen LogP contribution is 2.46. The van der Waals surface area contributed by atoms with Crippen LogP contribution in [-0.4, -0.2) is 0 Å². The van der Waals surface area contributed by atoms with Crippen molar-refractivity contribution in [2.75, 3.05) is 0 Å². The van der Waals surface area contributed by atoms with Crippen molar-refractivity contribution < 1.29 is 4.74 Å². The third kappa shape index (κ3) is 5.16. The van der Waals surface area contributed by atoms with Gasteiger partial charge in [-0.2, -0.15) is 0 Å². The first-order valence-corrected chi connectivity index (χ1v) is 20.2. The summed E-state index contributed by atoms with van der Waals surface area (Å²) in [6.45, 7) is 0. The zero-order valence-electron chi connectivity index (χ0n) is 29.9. The molecule has 0 saturated carbocycles. The van der Waals surface area contributed by atoms with Gasteiger partial charge in [0.1, 0.15) is 5.75 Å². The molecule has 11 rings (SSSR count). The molecule has 3 heterocycles. The Bertz CT molecular complexity index is 3200. The molecule has 2 aromatic heterocycles. The molecule has 0 fully saturated rings. The maximum absolute atomic E-state index is 13.5. The van der Waals surface area contributed by atoms with Crippen LogP contribution in [0, 0.1) is 0 Å². The van der Waals surface area contributed by atoms with Gasteiger partial charge in [0.05, 0.1) is 0 Å². The smallest absolute Gasteiger partial charge is 0.195 e. The molecule has 0 atom stereocenters. The zero-order chi connectivity index (χ0) is 37.4. The van der Waals surface area contributed by atoms with Crippen LogP contribution in [0.2, 0.25) is 0 Å². The van der Waals surface area contributed by atoms with Gasteiger partial charge >= 0.3 is 0 Å². The van der Waals surface area contributed by atoms with Crippen LogP contribution in [0.3, 0.4) is 0 Å². The van der Waals surface area contributed by atoms with Crippen LogP contribution in [0.1, 0.15) is 16.7 Å². The predicted molar refractivity (Wildman–Crippen MR) is 236 cm³/mol. The molecule has 5 heteroatoms. The zero-order valence-corrected chi connectivity index (χ0v) is 31.5. The van der Waals surface area contributed by atoms with E-state index in [0.717, 1.165) is 95.8 Å². The lowest BCUT2D eigenvalue weighted by Gasteiger charge is -2.37. The first kappa shape index (κ1) is 32.7. The molecule has 56 heavy (non-hydrogen) atoms. The third-order valence-corrected chi connectivity index (χ3v) is 13.4. The van der Waals surface area contributed by atoms with Gasteiger partial charge in [-0.1, -0.05) is 127 Å².